The maximum Gasteiger partial charge on any atom is 0.227 e. The van der Waals surface area contributed by atoms with Gasteiger partial charge in [-0.15, -0.1) is 0 Å². The zero-order chi connectivity index (χ0) is 14.0. The highest BCUT2D eigenvalue weighted by molar-refractivity contribution is 9.10. The van der Waals surface area contributed by atoms with Crippen molar-refractivity contribution in [2.24, 2.45) is 0 Å². The highest BCUT2D eigenvalue weighted by Crippen LogP contribution is 2.25. The predicted octanol–water partition coefficient (Wildman–Crippen LogP) is 2.50. The summed E-state index contributed by atoms with van der Waals surface area (Å²) in [6.45, 7) is 1.77. The summed E-state index contributed by atoms with van der Waals surface area (Å²) in [6.07, 6.45) is 1.91. The van der Waals surface area contributed by atoms with Crippen molar-refractivity contribution >= 4 is 37.4 Å². The van der Waals surface area contributed by atoms with Gasteiger partial charge in [-0.2, -0.15) is 0 Å². The van der Waals surface area contributed by atoms with Crippen LogP contribution >= 0.6 is 15.9 Å². The Labute approximate surface area is 121 Å². The molecule has 19 heavy (non-hydrogen) atoms. The van der Waals surface area contributed by atoms with Crippen molar-refractivity contribution in [1.82, 2.24) is 0 Å². The first-order chi connectivity index (χ1) is 8.93. The van der Waals surface area contributed by atoms with Crippen molar-refractivity contribution in [3.8, 4) is 0 Å². The van der Waals surface area contributed by atoms with E-state index in [1.807, 2.05) is 12.1 Å². The number of carbonyl (C=O) groups is 1. The standard InChI is InChI=1S/C13H14BrNO3S/c1-2-13(16)15(11-5-3-10(14)4-6-11)12-7-8-19(17,18)9-12/h3-8,12H,2,9H2,1H3. The van der Waals surface area contributed by atoms with Gasteiger partial charge >= 0.3 is 0 Å². The Bertz CT molecular complexity index is 607. The van der Waals surface area contributed by atoms with Crippen LogP contribution in [0.3, 0.4) is 0 Å². The summed E-state index contributed by atoms with van der Waals surface area (Å²) in [5.74, 6) is -0.136. The van der Waals surface area contributed by atoms with Gasteiger partial charge in [0.2, 0.25) is 5.91 Å². The lowest BCUT2D eigenvalue weighted by Gasteiger charge is -2.27. The van der Waals surface area contributed by atoms with Gasteiger partial charge in [0.15, 0.2) is 9.84 Å². The monoisotopic (exact) mass is 343 g/mol. The van der Waals surface area contributed by atoms with Gasteiger partial charge in [0.25, 0.3) is 0 Å². The van der Waals surface area contributed by atoms with Crippen molar-refractivity contribution in [3.05, 3.63) is 40.2 Å². The SMILES string of the molecule is CCC(=O)N(c1ccc(Br)cc1)C1C=CS(=O)(=O)C1. The van der Waals surface area contributed by atoms with Crippen LogP contribution in [-0.4, -0.2) is 26.1 Å². The Hall–Kier alpha value is -1.14. The minimum Gasteiger partial charge on any atom is -0.304 e. The number of nitrogens with zero attached hydrogens (tertiary/aromatic N) is 1. The summed E-state index contributed by atoms with van der Waals surface area (Å²) in [5, 5.41) is 1.19. The number of benzene rings is 1. The molecular weight excluding hydrogens is 330 g/mol. The molecule has 1 aromatic carbocycles. The molecule has 102 valence electrons. The zero-order valence-corrected chi connectivity index (χ0v) is 12.8. The Balaban J connectivity index is 2.35. The van der Waals surface area contributed by atoms with E-state index in [4.69, 9.17) is 0 Å². The van der Waals surface area contributed by atoms with Crippen LogP contribution in [0.1, 0.15) is 13.3 Å². The van der Waals surface area contributed by atoms with Crippen LogP contribution in [0.5, 0.6) is 0 Å². The molecule has 1 amide bonds. The van der Waals surface area contributed by atoms with Gasteiger partial charge in [-0.3, -0.25) is 4.79 Å². The molecule has 1 aromatic rings. The third-order valence-corrected chi connectivity index (χ3v) is 4.83. The molecule has 2 rings (SSSR count). The van der Waals surface area contributed by atoms with E-state index in [0.717, 1.165) is 4.47 Å². The minimum absolute atomic E-state index is 0.0468. The lowest BCUT2D eigenvalue weighted by Crippen LogP contribution is -2.40. The van der Waals surface area contributed by atoms with Crippen molar-refractivity contribution in [2.45, 2.75) is 19.4 Å². The largest absolute Gasteiger partial charge is 0.304 e. The van der Waals surface area contributed by atoms with Crippen LogP contribution in [0.25, 0.3) is 0 Å². The lowest BCUT2D eigenvalue weighted by molar-refractivity contribution is -0.118. The number of anilines is 1. The Morgan fingerprint density at radius 3 is 2.47 bits per heavy atom. The maximum absolute atomic E-state index is 12.1. The van der Waals surface area contributed by atoms with E-state index in [1.54, 1.807) is 30.0 Å². The molecule has 1 aliphatic rings. The van der Waals surface area contributed by atoms with Gasteiger partial charge in [0.1, 0.15) is 0 Å². The second-order valence-corrected chi connectivity index (χ2v) is 7.17. The van der Waals surface area contributed by atoms with Gasteiger partial charge in [0.05, 0.1) is 11.8 Å². The number of amides is 1. The smallest absolute Gasteiger partial charge is 0.227 e. The van der Waals surface area contributed by atoms with Gasteiger partial charge in [-0.25, -0.2) is 8.42 Å². The van der Waals surface area contributed by atoms with Gasteiger partial charge in [-0.1, -0.05) is 22.9 Å². The first-order valence-corrected chi connectivity index (χ1v) is 8.42. The second-order valence-electron chi connectivity index (χ2n) is 4.32. The average molecular weight is 344 g/mol. The normalized spacial score (nSPS) is 20.4. The molecule has 0 saturated heterocycles. The fraction of sp³-hybridized carbons (Fsp3) is 0.308. The first kappa shape index (κ1) is 14.3. The number of hydrogen-bond donors (Lipinski definition) is 0. The Morgan fingerprint density at radius 1 is 1.37 bits per heavy atom. The molecule has 0 bridgehead atoms. The molecule has 0 radical (unpaired) electrons. The van der Waals surface area contributed by atoms with Crippen molar-refractivity contribution in [2.75, 3.05) is 10.7 Å². The summed E-state index contributed by atoms with van der Waals surface area (Å²) in [4.78, 5) is 13.6. The Morgan fingerprint density at radius 2 is 2.00 bits per heavy atom. The van der Waals surface area contributed by atoms with E-state index in [1.165, 1.54) is 5.41 Å². The molecule has 1 atom stereocenters. The number of rotatable bonds is 3. The highest BCUT2D eigenvalue weighted by Gasteiger charge is 2.30. The summed E-state index contributed by atoms with van der Waals surface area (Å²) in [6, 6.07) is 6.85. The van der Waals surface area contributed by atoms with Crippen LogP contribution in [-0.2, 0) is 14.6 Å². The molecule has 0 N–H and O–H groups in total. The van der Waals surface area contributed by atoms with Gasteiger partial charge in [0, 0.05) is 22.0 Å². The zero-order valence-electron chi connectivity index (χ0n) is 10.4. The molecule has 0 saturated carbocycles. The van der Waals surface area contributed by atoms with Crippen LogP contribution in [0.15, 0.2) is 40.2 Å². The summed E-state index contributed by atoms with van der Waals surface area (Å²) in [7, 11) is -3.18. The highest BCUT2D eigenvalue weighted by atomic mass is 79.9. The number of hydrogen-bond acceptors (Lipinski definition) is 3. The molecule has 1 aliphatic heterocycles. The van der Waals surface area contributed by atoms with Gasteiger partial charge in [-0.05, 0) is 30.3 Å². The average Bonchev–Trinajstić information content (AvgIpc) is 2.72. The molecule has 1 unspecified atom stereocenters. The number of sulfone groups is 1. The first-order valence-electron chi connectivity index (χ1n) is 5.91. The van der Waals surface area contributed by atoms with Gasteiger partial charge < -0.3 is 4.90 Å². The molecule has 1 heterocycles. The molecule has 0 fully saturated rings. The number of halogens is 1. The third kappa shape index (κ3) is 3.25. The van der Waals surface area contributed by atoms with E-state index >= 15 is 0 Å². The van der Waals surface area contributed by atoms with E-state index in [0.29, 0.717) is 12.1 Å². The summed E-state index contributed by atoms with van der Waals surface area (Å²) >= 11 is 3.34. The quantitative estimate of drug-likeness (QED) is 0.847. The van der Waals surface area contributed by atoms with Crippen LogP contribution in [0, 0.1) is 0 Å². The maximum atomic E-state index is 12.1. The van der Waals surface area contributed by atoms with Crippen molar-refractivity contribution < 1.29 is 13.2 Å². The Kier molecular flexibility index (Phi) is 4.10. The lowest BCUT2D eigenvalue weighted by atomic mass is 10.2. The minimum atomic E-state index is -3.18. The third-order valence-electron chi connectivity index (χ3n) is 2.92. The van der Waals surface area contributed by atoms with Crippen LogP contribution < -0.4 is 4.90 Å². The van der Waals surface area contributed by atoms with E-state index in [9.17, 15) is 13.2 Å². The topological polar surface area (TPSA) is 54.5 Å². The van der Waals surface area contributed by atoms with Crippen LogP contribution in [0.2, 0.25) is 0 Å². The summed E-state index contributed by atoms with van der Waals surface area (Å²) < 4.78 is 23.9. The molecule has 0 aromatic heterocycles. The molecule has 6 heteroatoms. The predicted molar refractivity (Wildman–Crippen MR) is 78.6 cm³/mol. The molecule has 0 spiro atoms. The molecule has 4 nitrogen and oxygen atoms in total. The van der Waals surface area contributed by atoms with E-state index in [-0.39, 0.29) is 11.7 Å². The molecule has 0 aliphatic carbocycles. The fourth-order valence-electron chi connectivity index (χ4n) is 2.01. The van der Waals surface area contributed by atoms with Crippen LogP contribution in [0.4, 0.5) is 5.69 Å². The fourth-order valence-corrected chi connectivity index (χ4v) is 3.55. The second kappa shape index (κ2) is 5.46. The van der Waals surface area contributed by atoms with E-state index in [2.05, 4.69) is 15.9 Å². The molecular formula is C13H14BrNO3S. The summed E-state index contributed by atoms with van der Waals surface area (Å²) in [5.41, 5.74) is 0.710. The number of carbonyl (C=O) groups excluding carboxylic acids is 1. The van der Waals surface area contributed by atoms with Crippen molar-refractivity contribution in [3.63, 3.8) is 0 Å². The van der Waals surface area contributed by atoms with Crippen molar-refractivity contribution in [1.29, 1.82) is 0 Å². The van der Waals surface area contributed by atoms with E-state index < -0.39 is 15.9 Å².